The summed E-state index contributed by atoms with van der Waals surface area (Å²) in [6, 6.07) is 9.88. The average molecular weight is 423 g/mol. The third kappa shape index (κ3) is 4.32. The van der Waals surface area contributed by atoms with Gasteiger partial charge >= 0.3 is 6.36 Å². The second-order valence-corrected chi connectivity index (χ2v) is 6.94. The molecule has 0 saturated carbocycles. The third-order valence-corrected chi connectivity index (χ3v) is 4.83. The van der Waals surface area contributed by atoms with Gasteiger partial charge in [-0.1, -0.05) is 18.2 Å². The van der Waals surface area contributed by atoms with Gasteiger partial charge in [-0.2, -0.15) is 4.98 Å². The van der Waals surface area contributed by atoms with Gasteiger partial charge in [0.25, 0.3) is 11.9 Å². The van der Waals surface area contributed by atoms with Crippen molar-refractivity contribution in [2.45, 2.75) is 12.8 Å². The van der Waals surface area contributed by atoms with Gasteiger partial charge in [0.2, 0.25) is 0 Å². The lowest BCUT2D eigenvalue weighted by Gasteiger charge is -2.19. The molecule has 158 valence electrons. The van der Waals surface area contributed by atoms with Crippen LogP contribution in [0.3, 0.4) is 0 Å². The Hall–Kier alpha value is -3.30. The van der Waals surface area contributed by atoms with Crippen molar-refractivity contribution in [3.05, 3.63) is 53.8 Å². The number of amides is 1. The summed E-state index contributed by atoms with van der Waals surface area (Å²) in [4.78, 5) is 18.4. The van der Waals surface area contributed by atoms with E-state index in [1.54, 1.807) is 6.07 Å². The van der Waals surface area contributed by atoms with Crippen LogP contribution < -0.4 is 10.1 Å². The molecule has 2 aromatic carbocycles. The lowest BCUT2D eigenvalue weighted by atomic mass is 10.1. The maximum absolute atomic E-state index is 13.7. The fourth-order valence-corrected chi connectivity index (χ4v) is 3.43. The van der Waals surface area contributed by atoms with Crippen LogP contribution in [0.5, 0.6) is 5.75 Å². The molecule has 2 heterocycles. The molecule has 1 unspecified atom stereocenters. The first-order valence-electron chi connectivity index (χ1n) is 9.23. The standard InChI is InChI=1S/C20H17F4N3O3/c21-14-5-3-6-15-17(14)29-19(26-15)25-10-12-8-9-27(11-12)18(28)13-4-1-2-7-16(13)30-20(22,23)24/h1-7,12H,8-11H2,(H,25,26). The first-order chi connectivity index (χ1) is 14.3. The number of nitrogens with one attached hydrogen (secondary N) is 1. The van der Waals surface area contributed by atoms with Crippen molar-refractivity contribution in [3.8, 4) is 5.75 Å². The van der Waals surface area contributed by atoms with Crippen LogP contribution in [0, 0.1) is 11.7 Å². The summed E-state index contributed by atoms with van der Waals surface area (Å²) in [6.45, 7) is 1.16. The lowest BCUT2D eigenvalue weighted by Crippen LogP contribution is -2.30. The minimum absolute atomic E-state index is 0.0319. The van der Waals surface area contributed by atoms with Crippen LogP contribution >= 0.6 is 0 Å². The molecular formula is C20H17F4N3O3. The molecule has 1 fully saturated rings. The minimum atomic E-state index is -4.88. The number of oxazole rings is 1. The highest BCUT2D eigenvalue weighted by molar-refractivity contribution is 5.97. The fourth-order valence-electron chi connectivity index (χ4n) is 3.43. The SMILES string of the molecule is O=C(c1ccccc1OC(F)(F)F)N1CCC(CNc2nc3cccc(F)c3o2)C1. The number of rotatable bonds is 5. The van der Waals surface area contributed by atoms with Gasteiger partial charge in [-0.05, 0) is 36.6 Å². The van der Waals surface area contributed by atoms with Gasteiger partial charge < -0.3 is 19.4 Å². The van der Waals surface area contributed by atoms with E-state index in [-0.39, 0.29) is 23.1 Å². The van der Waals surface area contributed by atoms with E-state index in [1.165, 1.54) is 35.2 Å². The molecule has 1 aliphatic rings. The number of carbonyl (C=O) groups excluding carboxylic acids is 1. The van der Waals surface area contributed by atoms with E-state index in [4.69, 9.17) is 4.42 Å². The molecule has 1 aliphatic heterocycles. The molecule has 1 atom stereocenters. The van der Waals surface area contributed by atoms with Crippen molar-refractivity contribution in [2.24, 2.45) is 5.92 Å². The van der Waals surface area contributed by atoms with Crippen LogP contribution in [0.25, 0.3) is 11.1 Å². The van der Waals surface area contributed by atoms with Crippen LogP contribution in [0.15, 0.2) is 46.9 Å². The zero-order valence-electron chi connectivity index (χ0n) is 15.6. The Bertz CT molecular complexity index is 1070. The monoisotopic (exact) mass is 423 g/mol. The zero-order valence-corrected chi connectivity index (χ0v) is 15.6. The third-order valence-electron chi connectivity index (χ3n) is 4.83. The Kier molecular flexibility index (Phi) is 5.23. The molecule has 10 heteroatoms. The van der Waals surface area contributed by atoms with Gasteiger partial charge in [-0.15, -0.1) is 13.2 Å². The molecule has 1 saturated heterocycles. The van der Waals surface area contributed by atoms with Crippen molar-refractivity contribution in [1.82, 2.24) is 9.88 Å². The highest BCUT2D eigenvalue weighted by Gasteiger charge is 2.34. The normalized spacial score (nSPS) is 16.8. The van der Waals surface area contributed by atoms with Crippen LogP contribution in [-0.4, -0.2) is 41.8 Å². The van der Waals surface area contributed by atoms with Crippen LogP contribution in [0.2, 0.25) is 0 Å². The summed E-state index contributed by atoms with van der Waals surface area (Å²) >= 11 is 0. The molecule has 0 radical (unpaired) electrons. The van der Waals surface area contributed by atoms with Crippen molar-refractivity contribution in [3.63, 3.8) is 0 Å². The maximum Gasteiger partial charge on any atom is 0.573 e. The van der Waals surface area contributed by atoms with Gasteiger partial charge in [0, 0.05) is 19.6 Å². The summed E-state index contributed by atoms with van der Waals surface area (Å²) in [6.07, 6.45) is -4.23. The Morgan fingerprint density at radius 1 is 1.23 bits per heavy atom. The zero-order chi connectivity index (χ0) is 21.3. The van der Waals surface area contributed by atoms with Crippen molar-refractivity contribution < 1.29 is 31.5 Å². The number of hydrogen-bond acceptors (Lipinski definition) is 5. The van der Waals surface area contributed by atoms with Gasteiger partial charge in [0.1, 0.15) is 11.3 Å². The second kappa shape index (κ2) is 7.85. The number of likely N-dealkylation sites (tertiary alicyclic amines) is 1. The van der Waals surface area contributed by atoms with E-state index in [1.807, 2.05) is 0 Å². The maximum atomic E-state index is 13.7. The number of hydrogen-bond donors (Lipinski definition) is 1. The molecule has 1 aromatic heterocycles. The molecule has 0 bridgehead atoms. The van der Waals surface area contributed by atoms with E-state index in [0.717, 1.165) is 6.07 Å². The quantitative estimate of drug-likeness (QED) is 0.615. The molecule has 0 aliphatic carbocycles. The van der Waals surface area contributed by atoms with Crippen LogP contribution in [-0.2, 0) is 0 Å². The Morgan fingerprint density at radius 3 is 2.80 bits per heavy atom. The fraction of sp³-hybridized carbons (Fsp3) is 0.300. The van der Waals surface area contributed by atoms with Gasteiger partial charge in [0.05, 0.1) is 5.56 Å². The van der Waals surface area contributed by atoms with Crippen molar-refractivity contribution in [2.75, 3.05) is 25.0 Å². The first kappa shape index (κ1) is 20.0. The summed E-state index contributed by atoms with van der Waals surface area (Å²) in [5.74, 6) is -1.53. The number of para-hydroxylation sites is 2. The smallest absolute Gasteiger partial charge is 0.420 e. The second-order valence-electron chi connectivity index (χ2n) is 6.94. The number of fused-ring (bicyclic) bond motifs is 1. The Labute approximate surface area is 168 Å². The largest absolute Gasteiger partial charge is 0.573 e. The minimum Gasteiger partial charge on any atom is -0.420 e. The van der Waals surface area contributed by atoms with E-state index < -0.39 is 23.8 Å². The van der Waals surface area contributed by atoms with E-state index in [0.29, 0.717) is 31.6 Å². The Morgan fingerprint density at radius 2 is 2.03 bits per heavy atom. The van der Waals surface area contributed by atoms with E-state index in [9.17, 15) is 22.4 Å². The van der Waals surface area contributed by atoms with Gasteiger partial charge in [0.15, 0.2) is 11.4 Å². The number of halogens is 4. The molecule has 1 N–H and O–H groups in total. The number of aromatic nitrogens is 1. The molecule has 0 spiro atoms. The highest BCUT2D eigenvalue weighted by atomic mass is 19.4. The number of ether oxygens (including phenoxy) is 1. The van der Waals surface area contributed by atoms with Gasteiger partial charge in [-0.25, -0.2) is 4.39 Å². The Balaban J connectivity index is 1.38. The summed E-state index contributed by atoms with van der Waals surface area (Å²) in [7, 11) is 0. The summed E-state index contributed by atoms with van der Waals surface area (Å²) in [5.41, 5.74) is 0.310. The topological polar surface area (TPSA) is 67.6 Å². The van der Waals surface area contributed by atoms with Crippen molar-refractivity contribution >= 4 is 23.0 Å². The van der Waals surface area contributed by atoms with Gasteiger partial charge in [-0.3, -0.25) is 4.79 Å². The molecule has 3 aromatic rings. The predicted molar refractivity (Wildman–Crippen MR) is 99.6 cm³/mol. The van der Waals surface area contributed by atoms with Crippen LogP contribution in [0.4, 0.5) is 23.6 Å². The molecular weight excluding hydrogens is 406 g/mol. The lowest BCUT2D eigenvalue weighted by molar-refractivity contribution is -0.274. The number of alkyl halides is 3. The number of benzene rings is 2. The average Bonchev–Trinajstić information content (AvgIpc) is 3.32. The molecule has 1 amide bonds. The van der Waals surface area contributed by atoms with Crippen molar-refractivity contribution in [1.29, 1.82) is 0 Å². The number of nitrogens with zero attached hydrogens (tertiary/aromatic N) is 2. The van der Waals surface area contributed by atoms with E-state index >= 15 is 0 Å². The molecule has 30 heavy (non-hydrogen) atoms. The van der Waals surface area contributed by atoms with E-state index in [2.05, 4.69) is 15.0 Å². The highest BCUT2D eigenvalue weighted by Crippen LogP contribution is 2.29. The number of carbonyl (C=O) groups is 1. The summed E-state index contributed by atoms with van der Waals surface area (Å²) in [5, 5.41) is 2.99. The molecule has 6 nitrogen and oxygen atoms in total. The predicted octanol–water partition coefficient (Wildman–Crippen LogP) is 4.44. The first-order valence-corrected chi connectivity index (χ1v) is 9.23. The van der Waals surface area contributed by atoms with Crippen LogP contribution in [0.1, 0.15) is 16.8 Å². The summed E-state index contributed by atoms with van der Waals surface area (Å²) < 4.78 is 60.8. The molecule has 4 rings (SSSR count). The number of anilines is 1.